The van der Waals surface area contributed by atoms with Crippen molar-refractivity contribution in [1.82, 2.24) is 20.4 Å². The molecule has 156 valence electrons. The Morgan fingerprint density at radius 3 is 2.27 bits per heavy atom. The van der Waals surface area contributed by atoms with Gasteiger partial charge in [0.2, 0.25) is 0 Å². The maximum absolute atomic E-state index is 12.7. The van der Waals surface area contributed by atoms with E-state index in [1.807, 2.05) is 26.0 Å². The van der Waals surface area contributed by atoms with Gasteiger partial charge < -0.3 is 10.6 Å². The molecule has 2 amide bonds. The van der Waals surface area contributed by atoms with Crippen molar-refractivity contribution in [3.8, 4) is 5.69 Å². The largest absolute Gasteiger partial charge is 0.350 e. The second-order valence-electron chi connectivity index (χ2n) is 6.98. The number of hydrogen-bond acceptors (Lipinski definition) is 3. The van der Waals surface area contributed by atoms with E-state index in [9.17, 15) is 9.59 Å². The third kappa shape index (κ3) is 5.01. The van der Waals surface area contributed by atoms with Crippen molar-refractivity contribution >= 4 is 35.0 Å². The van der Waals surface area contributed by atoms with Crippen LogP contribution in [0.1, 0.15) is 46.2 Å². The Morgan fingerprint density at radius 2 is 1.63 bits per heavy atom. The van der Waals surface area contributed by atoms with Gasteiger partial charge in [-0.15, -0.1) is 0 Å². The SMILES string of the molecule is CC(C)c1c(C(=O)NCCNC(=O)c2ccccc2Cl)cnn1-c1cccc(Cl)c1. The second-order valence-corrected chi connectivity index (χ2v) is 7.83. The lowest BCUT2D eigenvalue weighted by Crippen LogP contribution is -2.35. The quantitative estimate of drug-likeness (QED) is 0.528. The summed E-state index contributed by atoms with van der Waals surface area (Å²) in [6, 6.07) is 14.1. The smallest absolute Gasteiger partial charge is 0.254 e. The summed E-state index contributed by atoms with van der Waals surface area (Å²) >= 11 is 12.1. The number of rotatable bonds is 7. The minimum absolute atomic E-state index is 0.0622. The fraction of sp³-hybridized carbons (Fsp3) is 0.227. The number of hydrogen-bond donors (Lipinski definition) is 2. The predicted molar refractivity (Wildman–Crippen MR) is 119 cm³/mol. The van der Waals surface area contributed by atoms with Crippen molar-refractivity contribution in [3.05, 3.63) is 81.6 Å². The summed E-state index contributed by atoms with van der Waals surface area (Å²) in [4.78, 5) is 24.9. The van der Waals surface area contributed by atoms with Crippen LogP contribution in [-0.4, -0.2) is 34.7 Å². The van der Waals surface area contributed by atoms with Gasteiger partial charge >= 0.3 is 0 Å². The molecular formula is C22H22Cl2N4O2. The Kier molecular flexibility index (Phi) is 7.13. The Labute approximate surface area is 185 Å². The van der Waals surface area contributed by atoms with E-state index in [4.69, 9.17) is 23.2 Å². The number of benzene rings is 2. The van der Waals surface area contributed by atoms with E-state index in [1.54, 1.807) is 47.3 Å². The highest BCUT2D eigenvalue weighted by Gasteiger charge is 2.21. The molecule has 6 nitrogen and oxygen atoms in total. The fourth-order valence-corrected chi connectivity index (χ4v) is 3.50. The molecule has 30 heavy (non-hydrogen) atoms. The van der Waals surface area contributed by atoms with Crippen LogP contribution < -0.4 is 10.6 Å². The molecule has 0 radical (unpaired) electrons. The van der Waals surface area contributed by atoms with Crippen LogP contribution in [0, 0.1) is 0 Å². The highest BCUT2D eigenvalue weighted by molar-refractivity contribution is 6.33. The van der Waals surface area contributed by atoms with Gasteiger partial charge in [0.1, 0.15) is 0 Å². The van der Waals surface area contributed by atoms with Gasteiger partial charge in [-0.1, -0.05) is 55.2 Å². The first-order valence-electron chi connectivity index (χ1n) is 9.53. The molecule has 0 aliphatic carbocycles. The number of nitrogens with zero attached hydrogens (tertiary/aromatic N) is 2. The Balaban J connectivity index is 1.64. The van der Waals surface area contributed by atoms with E-state index in [0.717, 1.165) is 11.4 Å². The van der Waals surface area contributed by atoms with E-state index in [2.05, 4.69) is 15.7 Å². The van der Waals surface area contributed by atoms with Crippen LogP contribution in [-0.2, 0) is 0 Å². The zero-order valence-corrected chi connectivity index (χ0v) is 18.2. The van der Waals surface area contributed by atoms with E-state index < -0.39 is 0 Å². The second kappa shape index (κ2) is 9.78. The maximum atomic E-state index is 12.7. The van der Waals surface area contributed by atoms with Gasteiger partial charge in [-0.25, -0.2) is 4.68 Å². The number of carbonyl (C=O) groups is 2. The highest BCUT2D eigenvalue weighted by Crippen LogP contribution is 2.24. The molecule has 0 atom stereocenters. The molecule has 3 aromatic rings. The van der Waals surface area contributed by atoms with E-state index >= 15 is 0 Å². The van der Waals surface area contributed by atoms with E-state index in [1.165, 1.54) is 0 Å². The zero-order chi connectivity index (χ0) is 21.7. The van der Waals surface area contributed by atoms with Crippen molar-refractivity contribution in [2.45, 2.75) is 19.8 Å². The van der Waals surface area contributed by atoms with Gasteiger partial charge in [0.15, 0.2) is 0 Å². The third-order valence-corrected chi connectivity index (χ3v) is 5.03. The summed E-state index contributed by atoms with van der Waals surface area (Å²) < 4.78 is 1.73. The lowest BCUT2D eigenvalue weighted by atomic mass is 10.1. The first-order valence-corrected chi connectivity index (χ1v) is 10.3. The number of amides is 2. The van der Waals surface area contributed by atoms with Gasteiger partial charge in [0.25, 0.3) is 11.8 Å². The molecule has 0 aliphatic heterocycles. The summed E-state index contributed by atoms with van der Waals surface area (Å²) in [5.74, 6) is -0.474. The predicted octanol–water partition coefficient (Wildman–Crippen LogP) is 4.46. The van der Waals surface area contributed by atoms with Crippen LogP contribution in [0.3, 0.4) is 0 Å². The molecule has 0 spiro atoms. The molecular weight excluding hydrogens is 423 g/mol. The molecule has 0 bridgehead atoms. The van der Waals surface area contributed by atoms with Crippen molar-refractivity contribution in [1.29, 1.82) is 0 Å². The molecule has 0 saturated carbocycles. The molecule has 0 unspecified atom stereocenters. The average molecular weight is 445 g/mol. The first kappa shape index (κ1) is 21.9. The molecule has 8 heteroatoms. The highest BCUT2D eigenvalue weighted by atomic mass is 35.5. The van der Waals surface area contributed by atoms with Gasteiger partial charge in [0, 0.05) is 18.1 Å². The van der Waals surface area contributed by atoms with Crippen LogP contribution in [0.5, 0.6) is 0 Å². The van der Waals surface area contributed by atoms with E-state index in [0.29, 0.717) is 21.2 Å². The Morgan fingerprint density at radius 1 is 0.967 bits per heavy atom. The molecule has 2 N–H and O–H groups in total. The first-order chi connectivity index (χ1) is 14.4. The summed E-state index contributed by atoms with van der Waals surface area (Å²) in [6.45, 7) is 4.54. The number of halogens is 2. The molecule has 0 aliphatic rings. The summed E-state index contributed by atoms with van der Waals surface area (Å²) in [7, 11) is 0. The van der Waals surface area contributed by atoms with Crippen LogP contribution >= 0.6 is 23.2 Å². The maximum Gasteiger partial charge on any atom is 0.254 e. The van der Waals surface area contributed by atoms with Crippen LogP contribution in [0.2, 0.25) is 10.0 Å². The lowest BCUT2D eigenvalue weighted by Gasteiger charge is -2.13. The third-order valence-electron chi connectivity index (χ3n) is 4.47. The van der Waals surface area contributed by atoms with Crippen LogP contribution in [0.25, 0.3) is 5.69 Å². The summed E-state index contributed by atoms with van der Waals surface area (Å²) in [5.41, 5.74) is 2.46. The van der Waals surface area contributed by atoms with Gasteiger partial charge in [-0.2, -0.15) is 5.10 Å². The summed E-state index contributed by atoms with van der Waals surface area (Å²) in [5, 5.41) is 10.9. The van der Waals surface area contributed by atoms with Gasteiger partial charge in [-0.05, 0) is 36.2 Å². The minimum Gasteiger partial charge on any atom is -0.350 e. The average Bonchev–Trinajstić information content (AvgIpc) is 3.17. The fourth-order valence-electron chi connectivity index (χ4n) is 3.09. The monoisotopic (exact) mass is 444 g/mol. The normalized spacial score (nSPS) is 10.8. The van der Waals surface area contributed by atoms with Crippen molar-refractivity contribution in [3.63, 3.8) is 0 Å². The van der Waals surface area contributed by atoms with Crippen molar-refractivity contribution < 1.29 is 9.59 Å². The van der Waals surface area contributed by atoms with Gasteiger partial charge in [0.05, 0.1) is 33.7 Å². The molecule has 2 aromatic carbocycles. The summed E-state index contributed by atoms with van der Waals surface area (Å²) in [6.07, 6.45) is 1.55. The molecule has 0 fully saturated rings. The molecule has 3 rings (SSSR count). The number of carbonyl (C=O) groups excluding carboxylic acids is 2. The lowest BCUT2D eigenvalue weighted by molar-refractivity contribution is 0.0927. The van der Waals surface area contributed by atoms with Crippen molar-refractivity contribution in [2.75, 3.05) is 13.1 Å². The Bertz CT molecular complexity index is 1060. The van der Waals surface area contributed by atoms with Gasteiger partial charge in [-0.3, -0.25) is 9.59 Å². The Hall–Kier alpha value is -2.83. The zero-order valence-electron chi connectivity index (χ0n) is 16.7. The standard InChI is InChI=1S/C22H22Cl2N4O2/c1-14(2)20-18(13-27-28(20)16-7-5-6-15(23)12-16)22(30)26-11-10-25-21(29)17-8-3-4-9-19(17)24/h3-9,12-14H,10-11H2,1-2H3,(H,25,29)(H,26,30). The van der Waals surface area contributed by atoms with Crippen LogP contribution in [0.4, 0.5) is 0 Å². The molecule has 0 saturated heterocycles. The number of nitrogens with one attached hydrogen (secondary N) is 2. The molecule has 1 heterocycles. The van der Waals surface area contributed by atoms with E-state index in [-0.39, 0.29) is 30.8 Å². The van der Waals surface area contributed by atoms with Crippen LogP contribution in [0.15, 0.2) is 54.7 Å². The molecule has 1 aromatic heterocycles. The van der Waals surface area contributed by atoms with Crippen molar-refractivity contribution in [2.24, 2.45) is 0 Å². The topological polar surface area (TPSA) is 76.0 Å². The minimum atomic E-state index is -0.286. The number of aromatic nitrogens is 2.